The van der Waals surface area contributed by atoms with Crippen LogP contribution in [0, 0.1) is 0 Å². The molecule has 0 spiro atoms. The predicted octanol–water partition coefficient (Wildman–Crippen LogP) is 1.87. The van der Waals surface area contributed by atoms with Crippen LogP contribution in [-0.4, -0.2) is 12.8 Å². The molecule has 0 saturated carbocycles. The van der Waals surface area contributed by atoms with Crippen LogP contribution < -0.4 is 9.47 Å². The lowest BCUT2D eigenvalue weighted by Crippen LogP contribution is -2.02. The average Bonchev–Trinajstić information content (AvgIpc) is 2.72. The third kappa shape index (κ3) is 2.21. The molecular formula is C11H12O4. The molecule has 0 N–H and O–H groups in total. The van der Waals surface area contributed by atoms with Gasteiger partial charge in [0, 0.05) is 6.42 Å². The second-order valence-corrected chi connectivity index (χ2v) is 3.20. The molecule has 1 aromatic carbocycles. The highest BCUT2D eigenvalue weighted by Crippen LogP contribution is 2.32. The molecule has 15 heavy (non-hydrogen) atoms. The van der Waals surface area contributed by atoms with E-state index in [0.29, 0.717) is 12.2 Å². The summed E-state index contributed by atoms with van der Waals surface area (Å²) in [7, 11) is 0. The quantitative estimate of drug-likeness (QED) is 0.711. The Hall–Kier alpha value is -1.71. The van der Waals surface area contributed by atoms with E-state index in [1.165, 1.54) is 0 Å². The highest BCUT2D eigenvalue weighted by atomic mass is 16.7. The number of carbonyl (C=O) groups is 1. The Kier molecular flexibility index (Phi) is 2.76. The average molecular weight is 208 g/mol. The summed E-state index contributed by atoms with van der Waals surface area (Å²) < 4.78 is 15.4. The van der Waals surface area contributed by atoms with Crippen molar-refractivity contribution < 1.29 is 19.0 Å². The summed E-state index contributed by atoms with van der Waals surface area (Å²) in [5.41, 5.74) is 0.904. The maximum absolute atomic E-state index is 10.9. The van der Waals surface area contributed by atoms with Crippen LogP contribution in [0.2, 0.25) is 0 Å². The second kappa shape index (κ2) is 4.21. The molecule has 0 aromatic heterocycles. The molecule has 4 heteroatoms. The molecule has 0 bridgehead atoms. The van der Waals surface area contributed by atoms with Gasteiger partial charge >= 0.3 is 5.97 Å². The maximum Gasteiger partial charge on any atom is 0.305 e. The molecule has 4 nitrogen and oxygen atoms in total. The first-order valence-corrected chi connectivity index (χ1v) is 4.83. The molecule has 80 valence electrons. The van der Waals surface area contributed by atoms with Gasteiger partial charge in [-0.05, 0) is 17.7 Å². The first-order chi connectivity index (χ1) is 7.29. The molecule has 0 fully saturated rings. The van der Waals surface area contributed by atoms with E-state index in [0.717, 1.165) is 11.3 Å². The van der Waals surface area contributed by atoms with Crippen LogP contribution in [0.25, 0.3) is 0 Å². The van der Waals surface area contributed by atoms with Crippen molar-refractivity contribution in [3.63, 3.8) is 0 Å². The Bertz CT molecular complexity index is 373. The first-order valence-electron chi connectivity index (χ1n) is 4.83. The summed E-state index contributed by atoms with van der Waals surface area (Å²) >= 11 is 0. The van der Waals surface area contributed by atoms with Gasteiger partial charge in [0.1, 0.15) is 6.61 Å². The number of fused-ring (bicyclic) bond motifs is 1. The summed E-state index contributed by atoms with van der Waals surface area (Å²) in [6, 6.07) is 5.50. The Morgan fingerprint density at radius 1 is 1.40 bits per heavy atom. The van der Waals surface area contributed by atoms with Gasteiger partial charge < -0.3 is 14.2 Å². The van der Waals surface area contributed by atoms with Crippen LogP contribution in [0.5, 0.6) is 11.5 Å². The summed E-state index contributed by atoms with van der Waals surface area (Å²) in [4.78, 5) is 10.9. The minimum Gasteiger partial charge on any atom is -0.461 e. The Morgan fingerprint density at radius 3 is 3.00 bits per heavy atom. The third-order valence-corrected chi connectivity index (χ3v) is 2.13. The molecule has 0 unspecified atom stereocenters. The summed E-state index contributed by atoms with van der Waals surface area (Å²) in [6.07, 6.45) is 0.393. The van der Waals surface area contributed by atoms with Gasteiger partial charge in [-0.15, -0.1) is 0 Å². The number of hydrogen-bond acceptors (Lipinski definition) is 4. The number of hydrogen-bond donors (Lipinski definition) is 0. The van der Waals surface area contributed by atoms with Crippen LogP contribution >= 0.6 is 0 Å². The van der Waals surface area contributed by atoms with Crippen molar-refractivity contribution in [1.29, 1.82) is 0 Å². The maximum atomic E-state index is 10.9. The van der Waals surface area contributed by atoms with Gasteiger partial charge in [0.05, 0.1) is 0 Å². The van der Waals surface area contributed by atoms with E-state index in [1.54, 1.807) is 6.92 Å². The lowest BCUT2D eigenvalue weighted by atomic mass is 10.2. The van der Waals surface area contributed by atoms with Gasteiger partial charge in [-0.25, -0.2) is 0 Å². The van der Waals surface area contributed by atoms with Crippen LogP contribution in [0.15, 0.2) is 18.2 Å². The van der Waals surface area contributed by atoms with Crippen LogP contribution in [0.3, 0.4) is 0 Å². The van der Waals surface area contributed by atoms with E-state index < -0.39 is 0 Å². The number of benzene rings is 1. The van der Waals surface area contributed by atoms with Gasteiger partial charge in [0.25, 0.3) is 0 Å². The third-order valence-electron chi connectivity index (χ3n) is 2.13. The fraction of sp³-hybridized carbons (Fsp3) is 0.364. The Morgan fingerprint density at radius 2 is 2.20 bits per heavy atom. The van der Waals surface area contributed by atoms with Gasteiger partial charge in [0.15, 0.2) is 11.5 Å². The van der Waals surface area contributed by atoms with E-state index in [1.807, 2.05) is 18.2 Å². The van der Waals surface area contributed by atoms with Crippen molar-refractivity contribution in [2.24, 2.45) is 0 Å². The van der Waals surface area contributed by atoms with E-state index >= 15 is 0 Å². The van der Waals surface area contributed by atoms with E-state index in [2.05, 4.69) is 0 Å². The molecule has 0 amide bonds. The molecule has 0 aliphatic carbocycles. The van der Waals surface area contributed by atoms with Gasteiger partial charge in [-0.2, -0.15) is 0 Å². The molecular weight excluding hydrogens is 196 g/mol. The predicted molar refractivity (Wildman–Crippen MR) is 52.7 cm³/mol. The molecule has 1 aliphatic heterocycles. The van der Waals surface area contributed by atoms with Crippen LogP contribution in [0.4, 0.5) is 0 Å². The number of esters is 1. The molecule has 2 rings (SSSR count). The second-order valence-electron chi connectivity index (χ2n) is 3.20. The summed E-state index contributed by atoms with van der Waals surface area (Å²) in [5, 5.41) is 0. The monoisotopic (exact) mass is 208 g/mol. The highest BCUT2D eigenvalue weighted by Gasteiger charge is 2.13. The minimum atomic E-state index is -0.201. The molecule has 0 radical (unpaired) electrons. The molecule has 0 saturated heterocycles. The standard InChI is InChI=1S/C11H12O4/c1-2-11(12)13-6-8-3-4-9-10(5-8)15-7-14-9/h3-5H,2,6-7H2,1H3. The summed E-state index contributed by atoms with van der Waals surface area (Å²) in [5.74, 6) is 1.24. The molecule has 1 aliphatic rings. The van der Waals surface area contributed by atoms with E-state index in [-0.39, 0.29) is 19.4 Å². The van der Waals surface area contributed by atoms with Crippen molar-refractivity contribution in [2.45, 2.75) is 20.0 Å². The summed E-state index contributed by atoms with van der Waals surface area (Å²) in [6.45, 7) is 2.30. The van der Waals surface area contributed by atoms with Gasteiger partial charge in [0.2, 0.25) is 6.79 Å². The van der Waals surface area contributed by atoms with Gasteiger partial charge in [-0.3, -0.25) is 4.79 Å². The van der Waals surface area contributed by atoms with Crippen molar-refractivity contribution >= 4 is 5.97 Å². The fourth-order valence-corrected chi connectivity index (χ4v) is 1.30. The number of ether oxygens (including phenoxy) is 3. The van der Waals surface area contributed by atoms with Crippen molar-refractivity contribution in [3.8, 4) is 11.5 Å². The van der Waals surface area contributed by atoms with Crippen molar-refractivity contribution in [3.05, 3.63) is 23.8 Å². The van der Waals surface area contributed by atoms with Crippen molar-refractivity contribution in [1.82, 2.24) is 0 Å². The molecule has 0 atom stereocenters. The first kappa shape index (κ1) is 9.83. The number of rotatable bonds is 3. The normalized spacial score (nSPS) is 12.6. The van der Waals surface area contributed by atoms with Crippen LogP contribution in [-0.2, 0) is 16.1 Å². The minimum absolute atomic E-state index is 0.201. The lowest BCUT2D eigenvalue weighted by Gasteiger charge is -2.04. The Balaban J connectivity index is 2.01. The molecule has 1 heterocycles. The smallest absolute Gasteiger partial charge is 0.305 e. The SMILES string of the molecule is CCC(=O)OCc1ccc2c(c1)OCO2. The lowest BCUT2D eigenvalue weighted by molar-refractivity contribution is -0.144. The zero-order valence-electron chi connectivity index (χ0n) is 8.49. The molecule has 1 aromatic rings. The Labute approximate surface area is 87.8 Å². The van der Waals surface area contributed by atoms with Crippen molar-refractivity contribution in [2.75, 3.05) is 6.79 Å². The fourth-order valence-electron chi connectivity index (χ4n) is 1.30. The van der Waals surface area contributed by atoms with E-state index in [4.69, 9.17) is 14.2 Å². The zero-order valence-corrected chi connectivity index (χ0v) is 8.49. The highest BCUT2D eigenvalue weighted by molar-refractivity contribution is 5.68. The van der Waals surface area contributed by atoms with Crippen LogP contribution in [0.1, 0.15) is 18.9 Å². The topological polar surface area (TPSA) is 44.8 Å². The van der Waals surface area contributed by atoms with E-state index in [9.17, 15) is 4.79 Å². The number of carbonyl (C=O) groups excluding carboxylic acids is 1. The van der Waals surface area contributed by atoms with Gasteiger partial charge in [-0.1, -0.05) is 13.0 Å². The zero-order chi connectivity index (χ0) is 10.7. The largest absolute Gasteiger partial charge is 0.461 e.